The first kappa shape index (κ1) is 13.5. The van der Waals surface area contributed by atoms with Crippen LogP contribution < -0.4 is 5.32 Å². The number of thioether (sulfide) groups is 1. The average Bonchev–Trinajstić information content (AvgIpc) is 2.41. The Hall–Kier alpha value is -1.88. The van der Waals surface area contributed by atoms with Gasteiger partial charge in [-0.3, -0.25) is 9.78 Å². The van der Waals surface area contributed by atoms with Crippen molar-refractivity contribution in [2.24, 2.45) is 0 Å². The number of hydrogen-bond donors (Lipinski definition) is 1. The number of carbonyl (C=O) groups is 1. The number of pyridine rings is 1. The van der Waals surface area contributed by atoms with Gasteiger partial charge < -0.3 is 5.32 Å². The smallest absolute Gasteiger partial charge is 0.258 e. The number of nitrogens with zero attached hydrogens (tertiary/aromatic N) is 1. The first-order chi connectivity index (χ1) is 9.22. The second-order valence-corrected chi connectivity index (χ2v) is 5.04. The molecular formula is C14H13FN2OS. The van der Waals surface area contributed by atoms with Gasteiger partial charge in [-0.1, -0.05) is 19.1 Å². The molecule has 0 bridgehead atoms. The van der Waals surface area contributed by atoms with Gasteiger partial charge in [-0.15, -0.1) is 11.8 Å². The third-order valence-electron chi connectivity index (χ3n) is 2.45. The Labute approximate surface area is 115 Å². The normalized spacial score (nSPS) is 10.2. The van der Waals surface area contributed by atoms with Crippen LogP contribution in [0.3, 0.4) is 0 Å². The van der Waals surface area contributed by atoms with E-state index in [1.807, 2.05) is 25.1 Å². The molecule has 0 aliphatic heterocycles. The van der Waals surface area contributed by atoms with Gasteiger partial charge in [-0.2, -0.15) is 0 Å². The summed E-state index contributed by atoms with van der Waals surface area (Å²) in [5.41, 5.74) is 0.682. The number of halogens is 1. The Morgan fingerprint density at radius 2 is 2.16 bits per heavy atom. The predicted molar refractivity (Wildman–Crippen MR) is 75.0 cm³/mol. The molecule has 1 N–H and O–H groups in total. The van der Waals surface area contributed by atoms with Gasteiger partial charge in [-0.25, -0.2) is 4.39 Å². The highest BCUT2D eigenvalue weighted by molar-refractivity contribution is 7.99. The van der Waals surface area contributed by atoms with Crippen LogP contribution in [0.25, 0.3) is 0 Å². The summed E-state index contributed by atoms with van der Waals surface area (Å²) in [4.78, 5) is 16.6. The summed E-state index contributed by atoms with van der Waals surface area (Å²) in [7, 11) is 0. The summed E-state index contributed by atoms with van der Waals surface area (Å²) in [6.45, 7) is 2.03. The first-order valence-corrected chi connectivity index (χ1v) is 6.83. The minimum absolute atomic E-state index is 0.00805. The van der Waals surface area contributed by atoms with Crippen molar-refractivity contribution in [3.63, 3.8) is 0 Å². The second kappa shape index (κ2) is 6.33. The van der Waals surface area contributed by atoms with Crippen molar-refractivity contribution in [3.8, 4) is 0 Å². The molecule has 5 heteroatoms. The number of hydrogen-bond acceptors (Lipinski definition) is 3. The molecule has 0 saturated heterocycles. The highest BCUT2D eigenvalue weighted by atomic mass is 32.2. The topological polar surface area (TPSA) is 42.0 Å². The van der Waals surface area contributed by atoms with Gasteiger partial charge in [0.15, 0.2) is 5.82 Å². The zero-order valence-corrected chi connectivity index (χ0v) is 11.2. The van der Waals surface area contributed by atoms with Gasteiger partial charge in [0.05, 0.1) is 17.4 Å². The maximum Gasteiger partial charge on any atom is 0.258 e. The molecule has 1 heterocycles. The highest BCUT2D eigenvalue weighted by Crippen LogP contribution is 2.27. The van der Waals surface area contributed by atoms with E-state index in [1.54, 1.807) is 17.8 Å². The lowest BCUT2D eigenvalue weighted by molar-refractivity contribution is 0.102. The monoisotopic (exact) mass is 276 g/mol. The van der Waals surface area contributed by atoms with E-state index >= 15 is 0 Å². The van der Waals surface area contributed by atoms with Crippen LogP contribution in [0.4, 0.5) is 10.1 Å². The molecule has 0 spiro atoms. The van der Waals surface area contributed by atoms with Gasteiger partial charge in [0.1, 0.15) is 0 Å². The Bertz CT molecular complexity index is 589. The van der Waals surface area contributed by atoms with Crippen molar-refractivity contribution in [3.05, 3.63) is 54.1 Å². The number of rotatable bonds is 4. The van der Waals surface area contributed by atoms with Crippen molar-refractivity contribution in [2.75, 3.05) is 11.1 Å². The molecular weight excluding hydrogens is 263 g/mol. The van der Waals surface area contributed by atoms with Gasteiger partial charge in [0, 0.05) is 11.1 Å². The van der Waals surface area contributed by atoms with Crippen LogP contribution in [-0.4, -0.2) is 16.6 Å². The number of para-hydroxylation sites is 1. The largest absolute Gasteiger partial charge is 0.321 e. The van der Waals surface area contributed by atoms with E-state index in [-0.39, 0.29) is 5.56 Å². The summed E-state index contributed by atoms with van der Waals surface area (Å²) in [5, 5.41) is 2.72. The minimum Gasteiger partial charge on any atom is -0.321 e. The quantitative estimate of drug-likeness (QED) is 0.868. The summed E-state index contributed by atoms with van der Waals surface area (Å²) in [6, 6.07) is 8.82. The van der Waals surface area contributed by atoms with Crippen molar-refractivity contribution >= 4 is 23.4 Å². The Kier molecular flexibility index (Phi) is 4.52. The third-order valence-corrected chi connectivity index (χ3v) is 3.41. The fourth-order valence-corrected chi connectivity index (χ4v) is 2.36. The molecule has 2 aromatic rings. The highest BCUT2D eigenvalue weighted by Gasteiger charge is 2.12. The molecule has 0 aliphatic carbocycles. The van der Waals surface area contributed by atoms with Crippen LogP contribution in [0.5, 0.6) is 0 Å². The van der Waals surface area contributed by atoms with E-state index in [0.29, 0.717) is 5.69 Å². The molecule has 98 valence electrons. The molecule has 0 fully saturated rings. The summed E-state index contributed by atoms with van der Waals surface area (Å²) in [6.07, 6.45) is 2.42. The zero-order chi connectivity index (χ0) is 13.7. The molecule has 0 unspecified atom stereocenters. The van der Waals surface area contributed by atoms with Crippen LogP contribution in [0.1, 0.15) is 17.3 Å². The maximum atomic E-state index is 13.5. The lowest BCUT2D eigenvalue weighted by atomic mass is 10.2. The maximum absolute atomic E-state index is 13.5. The minimum atomic E-state index is -0.624. The number of anilines is 1. The number of amides is 1. The van der Waals surface area contributed by atoms with Crippen molar-refractivity contribution < 1.29 is 9.18 Å². The van der Waals surface area contributed by atoms with Crippen molar-refractivity contribution in [1.82, 2.24) is 4.98 Å². The number of nitrogens with one attached hydrogen (secondary N) is 1. The second-order valence-electron chi connectivity index (χ2n) is 3.74. The number of aromatic nitrogens is 1. The lowest BCUT2D eigenvalue weighted by Gasteiger charge is -2.10. The van der Waals surface area contributed by atoms with Crippen molar-refractivity contribution in [1.29, 1.82) is 0 Å². The van der Waals surface area contributed by atoms with Gasteiger partial charge in [0.2, 0.25) is 0 Å². The molecule has 3 nitrogen and oxygen atoms in total. The Morgan fingerprint density at radius 1 is 1.37 bits per heavy atom. The fraction of sp³-hybridized carbons (Fsp3) is 0.143. The van der Waals surface area contributed by atoms with Gasteiger partial charge >= 0.3 is 0 Å². The molecule has 19 heavy (non-hydrogen) atoms. The van der Waals surface area contributed by atoms with E-state index in [4.69, 9.17) is 0 Å². The lowest BCUT2D eigenvalue weighted by Crippen LogP contribution is -2.14. The summed E-state index contributed by atoms with van der Waals surface area (Å²) >= 11 is 1.62. The third kappa shape index (κ3) is 3.32. The van der Waals surface area contributed by atoms with E-state index in [2.05, 4.69) is 10.3 Å². The molecule has 0 saturated carbocycles. The van der Waals surface area contributed by atoms with Crippen LogP contribution in [0.15, 0.2) is 47.6 Å². The molecule has 1 amide bonds. The predicted octanol–water partition coefficient (Wildman–Crippen LogP) is 3.59. The molecule has 1 aromatic carbocycles. The average molecular weight is 276 g/mol. The van der Waals surface area contributed by atoms with E-state index in [9.17, 15) is 9.18 Å². The fourth-order valence-electron chi connectivity index (χ4n) is 1.60. The van der Waals surface area contributed by atoms with Gasteiger partial charge in [-0.05, 0) is 24.0 Å². The summed E-state index contributed by atoms with van der Waals surface area (Å²) < 4.78 is 13.5. The SMILES string of the molecule is CCSc1ccccc1NC(=O)c1ccncc1F. The molecule has 1 aromatic heterocycles. The van der Waals surface area contributed by atoms with Crippen LogP contribution in [0.2, 0.25) is 0 Å². The molecule has 2 rings (SSSR count). The first-order valence-electron chi connectivity index (χ1n) is 5.85. The van der Waals surface area contributed by atoms with Crippen LogP contribution >= 0.6 is 11.8 Å². The molecule has 0 atom stereocenters. The molecule has 0 radical (unpaired) electrons. The molecule has 0 aliphatic rings. The number of benzene rings is 1. The summed E-state index contributed by atoms with van der Waals surface area (Å²) in [5.74, 6) is -0.194. The van der Waals surface area contributed by atoms with E-state index < -0.39 is 11.7 Å². The van der Waals surface area contributed by atoms with E-state index in [0.717, 1.165) is 16.8 Å². The Balaban J connectivity index is 2.22. The van der Waals surface area contributed by atoms with Crippen LogP contribution in [0, 0.1) is 5.82 Å². The van der Waals surface area contributed by atoms with Gasteiger partial charge in [0.25, 0.3) is 5.91 Å². The zero-order valence-electron chi connectivity index (χ0n) is 10.4. The van der Waals surface area contributed by atoms with Crippen molar-refractivity contribution in [2.45, 2.75) is 11.8 Å². The van der Waals surface area contributed by atoms with Crippen LogP contribution in [-0.2, 0) is 0 Å². The Morgan fingerprint density at radius 3 is 2.89 bits per heavy atom. The number of carbonyl (C=O) groups excluding carboxylic acids is 1. The standard InChI is InChI=1S/C14H13FN2OS/c1-2-19-13-6-4-3-5-12(13)17-14(18)10-7-8-16-9-11(10)15/h3-9H,2H2,1H3,(H,17,18). The van der Waals surface area contributed by atoms with E-state index in [1.165, 1.54) is 12.3 Å².